The number of amides is 1. The average Bonchev–Trinajstić information content (AvgIpc) is 3.09. The number of pyridine rings is 1. The lowest BCUT2D eigenvalue weighted by molar-refractivity contribution is 0.0958. The van der Waals surface area contributed by atoms with Crippen molar-refractivity contribution in [1.82, 2.24) is 25.5 Å². The molecule has 3 N–H and O–H groups in total. The number of aromatic amines is 1. The van der Waals surface area contributed by atoms with E-state index in [-0.39, 0.29) is 11.7 Å². The number of carbonyl (C=O) groups is 1. The molecule has 0 atom stereocenters. The van der Waals surface area contributed by atoms with E-state index < -0.39 is 0 Å². The molecule has 0 aliphatic rings. The minimum atomic E-state index is -0.307. The normalized spacial score (nSPS) is 10.4. The van der Waals surface area contributed by atoms with Gasteiger partial charge in [-0.25, -0.2) is 14.4 Å². The van der Waals surface area contributed by atoms with Gasteiger partial charge in [0.15, 0.2) is 5.82 Å². The summed E-state index contributed by atoms with van der Waals surface area (Å²) < 4.78 is 12.9. The Morgan fingerprint density at radius 2 is 1.96 bits per heavy atom. The zero-order valence-electron chi connectivity index (χ0n) is 12.9. The number of halogens is 1. The third-order valence-corrected chi connectivity index (χ3v) is 3.28. The summed E-state index contributed by atoms with van der Waals surface area (Å²) >= 11 is 0. The molecule has 3 aromatic rings. The summed E-state index contributed by atoms with van der Waals surface area (Å²) in [5.41, 5.74) is 1.05. The van der Waals surface area contributed by atoms with Crippen molar-refractivity contribution in [3.05, 3.63) is 59.8 Å². The number of anilines is 1. The van der Waals surface area contributed by atoms with Crippen molar-refractivity contribution in [2.75, 3.05) is 12.4 Å². The fourth-order valence-electron chi connectivity index (χ4n) is 2.06. The molecule has 3 rings (SSSR count). The van der Waals surface area contributed by atoms with Gasteiger partial charge in [0.2, 0.25) is 0 Å². The van der Waals surface area contributed by atoms with Crippen LogP contribution in [0, 0.1) is 5.82 Å². The van der Waals surface area contributed by atoms with Crippen LogP contribution in [0.2, 0.25) is 0 Å². The number of carbonyl (C=O) groups excluding carboxylic acids is 1. The van der Waals surface area contributed by atoms with Crippen LogP contribution in [0.4, 0.5) is 10.2 Å². The number of benzene rings is 1. The molecule has 0 saturated heterocycles. The molecular weight excluding hydrogens is 311 g/mol. The molecular formula is C16H15FN6O. The Balaban J connectivity index is 1.67. The van der Waals surface area contributed by atoms with Gasteiger partial charge in [0.25, 0.3) is 5.91 Å². The lowest BCUT2D eigenvalue weighted by Gasteiger charge is -2.05. The SMILES string of the molecule is CNC(=O)c1cccc(NCc2nc(-c3ccc(F)cc3)n[nH]2)n1. The standard InChI is InChI=1S/C16H15FN6O/c1-18-16(24)12-3-2-4-13(20-12)19-9-14-21-15(23-22-14)10-5-7-11(17)8-6-10/h2-8H,9H2,1H3,(H,18,24)(H,19,20)(H,21,22,23). The second-order valence-electron chi connectivity index (χ2n) is 4.95. The van der Waals surface area contributed by atoms with Crippen LogP contribution in [0.3, 0.4) is 0 Å². The fraction of sp³-hybridized carbons (Fsp3) is 0.125. The predicted octanol–water partition coefficient (Wildman–Crippen LogP) is 1.98. The van der Waals surface area contributed by atoms with Crippen molar-refractivity contribution in [3.63, 3.8) is 0 Å². The van der Waals surface area contributed by atoms with E-state index in [1.165, 1.54) is 12.1 Å². The van der Waals surface area contributed by atoms with E-state index >= 15 is 0 Å². The fourth-order valence-corrected chi connectivity index (χ4v) is 2.06. The van der Waals surface area contributed by atoms with E-state index in [1.54, 1.807) is 37.4 Å². The highest BCUT2D eigenvalue weighted by Crippen LogP contribution is 2.15. The maximum atomic E-state index is 12.9. The van der Waals surface area contributed by atoms with Crippen molar-refractivity contribution < 1.29 is 9.18 Å². The molecule has 8 heteroatoms. The van der Waals surface area contributed by atoms with Gasteiger partial charge < -0.3 is 10.6 Å². The van der Waals surface area contributed by atoms with Crippen molar-refractivity contribution >= 4 is 11.7 Å². The van der Waals surface area contributed by atoms with E-state index in [2.05, 4.69) is 30.8 Å². The summed E-state index contributed by atoms with van der Waals surface area (Å²) in [6, 6.07) is 11.1. The highest BCUT2D eigenvalue weighted by Gasteiger charge is 2.08. The molecule has 7 nitrogen and oxygen atoms in total. The largest absolute Gasteiger partial charge is 0.363 e. The second-order valence-corrected chi connectivity index (χ2v) is 4.95. The minimum Gasteiger partial charge on any atom is -0.363 e. The van der Waals surface area contributed by atoms with Gasteiger partial charge in [-0.05, 0) is 36.4 Å². The highest BCUT2D eigenvalue weighted by atomic mass is 19.1. The number of hydrogen-bond donors (Lipinski definition) is 3. The first-order valence-electron chi connectivity index (χ1n) is 7.26. The average molecular weight is 326 g/mol. The molecule has 24 heavy (non-hydrogen) atoms. The zero-order valence-corrected chi connectivity index (χ0v) is 12.9. The summed E-state index contributed by atoms with van der Waals surface area (Å²) in [5, 5.41) is 12.5. The number of nitrogens with one attached hydrogen (secondary N) is 3. The van der Waals surface area contributed by atoms with Crippen molar-refractivity contribution in [2.45, 2.75) is 6.54 Å². The van der Waals surface area contributed by atoms with Crippen LogP contribution in [-0.2, 0) is 6.54 Å². The van der Waals surface area contributed by atoms with Gasteiger partial charge in [0, 0.05) is 12.6 Å². The molecule has 1 amide bonds. The number of hydrogen-bond acceptors (Lipinski definition) is 5. The summed E-state index contributed by atoms with van der Waals surface area (Å²) in [7, 11) is 1.55. The van der Waals surface area contributed by atoms with E-state index in [1.807, 2.05) is 0 Å². The second kappa shape index (κ2) is 6.86. The van der Waals surface area contributed by atoms with Crippen LogP contribution >= 0.6 is 0 Å². The summed E-state index contributed by atoms with van der Waals surface area (Å²) in [5.74, 6) is 1.08. The summed E-state index contributed by atoms with van der Waals surface area (Å²) in [4.78, 5) is 20.1. The van der Waals surface area contributed by atoms with Crippen LogP contribution in [0.25, 0.3) is 11.4 Å². The van der Waals surface area contributed by atoms with E-state index in [4.69, 9.17) is 0 Å². The Kier molecular flexibility index (Phi) is 4.46. The van der Waals surface area contributed by atoms with Crippen LogP contribution in [0.15, 0.2) is 42.5 Å². The molecule has 0 bridgehead atoms. The lowest BCUT2D eigenvalue weighted by Crippen LogP contribution is -2.19. The number of aromatic nitrogens is 4. The topological polar surface area (TPSA) is 95.6 Å². The van der Waals surface area contributed by atoms with Gasteiger partial charge in [0.05, 0.1) is 6.54 Å². The molecule has 0 radical (unpaired) electrons. The van der Waals surface area contributed by atoms with Gasteiger partial charge in [-0.3, -0.25) is 9.89 Å². The Hall–Kier alpha value is -3.29. The first-order valence-corrected chi connectivity index (χ1v) is 7.26. The van der Waals surface area contributed by atoms with Crippen molar-refractivity contribution in [1.29, 1.82) is 0 Å². The molecule has 2 aromatic heterocycles. The first-order chi connectivity index (χ1) is 11.7. The Bertz CT molecular complexity index is 846. The lowest BCUT2D eigenvalue weighted by atomic mass is 10.2. The number of H-pyrrole nitrogens is 1. The third kappa shape index (κ3) is 3.54. The van der Waals surface area contributed by atoms with E-state index in [0.717, 1.165) is 5.56 Å². The predicted molar refractivity (Wildman–Crippen MR) is 86.7 cm³/mol. The van der Waals surface area contributed by atoms with Gasteiger partial charge in [-0.15, -0.1) is 0 Å². The van der Waals surface area contributed by atoms with Gasteiger partial charge >= 0.3 is 0 Å². The molecule has 0 aliphatic carbocycles. The Labute approximate surface area is 137 Å². The smallest absolute Gasteiger partial charge is 0.269 e. The molecule has 0 spiro atoms. The first kappa shape index (κ1) is 15.6. The molecule has 0 saturated carbocycles. The Morgan fingerprint density at radius 1 is 1.17 bits per heavy atom. The van der Waals surface area contributed by atoms with Crippen LogP contribution in [0.1, 0.15) is 16.3 Å². The monoisotopic (exact) mass is 326 g/mol. The van der Waals surface area contributed by atoms with E-state index in [9.17, 15) is 9.18 Å². The van der Waals surface area contributed by atoms with E-state index in [0.29, 0.717) is 29.7 Å². The minimum absolute atomic E-state index is 0.253. The van der Waals surface area contributed by atoms with Crippen LogP contribution in [-0.4, -0.2) is 33.1 Å². The van der Waals surface area contributed by atoms with Crippen LogP contribution in [0.5, 0.6) is 0 Å². The quantitative estimate of drug-likeness (QED) is 0.666. The van der Waals surface area contributed by atoms with Crippen LogP contribution < -0.4 is 10.6 Å². The summed E-state index contributed by atoms with van der Waals surface area (Å²) in [6.07, 6.45) is 0. The maximum absolute atomic E-state index is 12.9. The molecule has 122 valence electrons. The highest BCUT2D eigenvalue weighted by molar-refractivity contribution is 5.92. The third-order valence-electron chi connectivity index (χ3n) is 3.28. The molecule has 0 fully saturated rings. The molecule has 2 heterocycles. The maximum Gasteiger partial charge on any atom is 0.269 e. The number of rotatable bonds is 5. The molecule has 0 aliphatic heterocycles. The van der Waals surface area contributed by atoms with Gasteiger partial charge in [-0.2, -0.15) is 5.10 Å². The van der Waals surface area contributed by atoms with Gasteiger partial charge in [0.1, 0.15) is 23.2 Å². The zero-order chi connectivity index (χ0) is 16.9. The van der Waals surface area contributed by atoms with Crippen molar-refractivity contribution in [2.24, 2.45) is 0 Å². The summed E-state index contributed by atoms with van der Waals surface area (Å²) in [6.45, 7) is 0.360. The Morgan fingerprint density at radius 3 is 2.71 bits per heavy atom. The molecule has 1 aromatic carbocycles. The number of nitrogens with zero attached hydrogens (tertiary/aromatic N) is 3. The molecule has 0 unspecified atom stereocenters. The van der Waals surface area contributed by atoms with Crippen molar-refractivity contribution in [3.8, 4) is 11.4 Å². The van der Waals surface area contributed by atoms with Gasteiger partial charge in [-0.1, -0.05) is 6.07 Å².